The molecule has 2 fully saturated rings. The molecule has 4 rings (SSSR count). The van der Waals surface area contributed by atoms with Gasteiger partial charge in [-0.15, -0.1) is 0 Å². The number of nitrogens with one attached hydrogen (secondary N) is 2. The molecule has 2 N–H and O–H groups in total. The molecule has 0 radical (unpaired) electrons. The van der Waals surface area contributed by atoms with Crippen molar-refractivity contribution in [1.29, 1.82) is 0 Å². The summed E-state index contributed by atoms with van der Waals surface area (Å²) in [4.78, 5) is 32.3. The molecule has 0 saturated carbocycles. The van der Waals surface area contributed by atoms with Gasteiger partial charge in [-0.1, -0.05) is 0 Å². The standard InChI is InChI=1S/C17H24ClN7O4/c18-16-22-14-13(15(23-16)25-5-9-28-10-6-25)20-12(21-14)11-29-17(26)19-1-2-24-3-7-27-8-4-24/h1-11H2,(H,19,26)(H,20,21,22,23). The van der Waals surface area contributed by atoms with Crippen LogP contribution in [0.4, 0.5) is 10.6 Å². The molecule has 2 saturated heterocycles. The van der Waals surface area contributed by atoms with Crippen LogP contribution in [0.15, 0.2) is 0 Å². The van der Waals surface area contributed by atoms with Crippen LogP contribution in [0.25, 0.3) is 11.2 Å². The Balaban J connectivity index is 1.32. The molecule has 12 heteroatoms. The summed E-state index contributed by atoms with van der Waals surface area (Å²) in [6.45, 7) is 7.16. The number of aromatic amines is 1. The lowest BCUT2D eigenvalue weighted by Gasteiger charge is -2.27. The van der Waals surface area contributed by atoms with Gasteiger partial charge in [0.1, 0.15) is 11.3 Å². The zero-order valence-electron chi connectivity index (χ0n) is 16.0. The second-order valence-electron chi connectivity index (χ2n) is 6.75. The molecule has 2 aromatic rings. The molecule has 2 aliphatic rings. The number of hydrogen-bond acceptors (Lipinski definition) is 9. The fraction of sp³-hybridized carbons (Fsp3) is 0.647. The molecule has 0 bridgehead atoms. The maximum Gasteiger partial charge on any atom is 0.407 e. The number of alkyl carbamates (subject to hydrolysis) is 1. The Labute approximate surface area is 172 Å². The van der Waals surface area contributed by atoms with E-state index in [4.69, 9.17) is 25.8 Å². The van der Waals surface area contributed by atoms with E-state index in [1.54, 1.807) is 0 Å². The second-order valence-corrected chi connectivity index (χ2v) is 7.09. The van der Waals surface area contributed by atoms with Crippen LogP contribution in [0.5, 0.6) is 0 Å². The predicted octanol–water partition coefficient (Wildman–Crippen LogP) is 0.401. The number of halogens is 1. The fourth-order valence-electron chi connectivity index (χ4n) is 3.30. The topological polar surface area (TPSA) is 118 Å². The number of nitrogens with zero attached hydrogens (tertiary/aromatic N) is 5. The minimum Gasteiger partial charge on any atom is -0.441 e. The lowest BCUT2D eigenvalue weighted by Crippen LogP contribution is -2.41. The van der Waals surface area contributed by atoms with Crippen molar-refractivity contribution in [3.05, 3.63) is 11.1 Å². The summed E-state index contributed by atoms with van der Waals surface area (Å²) >= 11 is 6.06. The van der Waals surface area contributed by atoms with Gasteiger partial charge in [-0.05, 0) is 11.6 Å². The van der Waals surface area contributed by atoms with Crippen LogP contribution in [-0.2, 0) is 20.8 Å². The number of H-pyrrole nitrogens is 1. The number of hydrogen-bond donors (Lipinski definition) is 2. The van der Waals surface area contributed by atoms with Crippen molar-refractivity contribution >= 4 is 34.7 Å². The van der Waals surface area contributed by atoms with Gasteiger partial charge >= 0.3 is 6.09 Å². The number of rotatable bonds is 6. The molecule has 0 spiro atoms. The minimum absolute atomic E-state index is 0.0000816. The summed E-state index contributed by atoms with van der Waals surface area (Å²) in [5.41, 5.74) is 1.11. The van der Waals surface area contributed by atoms with Crippen LogP contribution in [0, 0.1) is 0 Å². The zero-order valence-corrected chi connectivity index (χ0v) is 16.8. The van der Waals surface area contributed by atoms with Crippen molar-refractivity contribution in [2.75, 3.05) is 70.6 Å². The Morgan fingerprint density at radius 2 is 1.83 bits per heavy atom. The van der Waals surface area contributed by atoms with Crippen LogP contribution in [0.2, 0.25) is 5.28 Å². The maximum absolute atomic E-state index is 12.0. The van der Waals surface area contributed by atoms with Crippen LogP contribution in [0.3, 0.4) is 0 Å². The molecule has 29 heavy (non-hydrogen) atoms. The third kappa shape index (κ3) is 5.24. The third-order valence-corrected chi connectivity index (χ3v) is 4.97. The number of ether oxygens (including phenoxy) is 3. The molecular weight excluding hydrogens is 402 g/mol. The maximum atomic E-state index is 12.0. The van der Waals surface area contributed by atoms with Gasteiger partial charge in [-0.25, -0.2) is 9.78 Å². The van der Waals surface area contributed by atoms with Crippen molar-refractivity contribution in [2.24, 2.45) is 0 Å². The summed E-state index contributed by atoms with van der Waals surface area (Å²) in [5.74, 6) is 1.16. The lowest BCUT2D eigenvalue weighted by molar-refractivity contribution is 0.0382. The van der Waals surface area contributed by atoms with Gasteiger partial charge in [0.15, 0.2) is 18.1 Å². The lowest BCUT2D eigenvalue weighted by atomic mass is 10.4. The van der Waals surface area contributed by atoms with Crippen molar-refractivity contribution in [1.82, 2.24) is 30.2 Å². The number of carbonyl (C=O) groups is 1. The van der Waals surface area contributed by atoms with Gasteiger partial charge in [0.05, 0.1) is 26.4 Å². The average molecular weight is 426 g/mol. The molecule has 2 aliphatic heterocycles. The van der Waals surface area contributed by atoms with E-state index in [0.29, 0.717) is 55.7 Å². The highest BCUT2D eigenvalue weighted by Gasteiger charge is 2.20. The van der Waals surface area contributed by atoms with Crippen molar-refractivity contribution in [3.63, 3.8) is 0 Å². The van der Waals surface area contributed by atoms with Crippen molar-refractivity contribution in [2.45, 2.75) is 6.61 Å². The number of morpholine rings is 2. The molecule has 0 atom stereocenters. The van der Waals surface area contributed by atoms with Crippen LogP contribution < -0.4 is 10.2 Å². The molecule has 0 aliphatic carbocycles. The Kier molecular flexibility index (Phi) is 6.60. The summed E-state index contributed by atoms with van der Waals surface area (Å²) in [6.07, 6.45) is -0.490. The average Bonchev–Trinajstić information content (AvgIpc) is 3.16. The highest BCUT2D eigenvalue weighted by atomic mass is 35.5. The van der Waals surface area contributed by atoms with E-state index >= 15 is 0 Å². The highest BCUT2D eigenvalue weighted by Crippen LogP contribution is 2.24. The quantitative estimate of drug-likeness (QED) is 0.634. The third-order valence-electron chi connectivity index (χ3n) is 4.81. The Morgan fingerprint density at radius 3 is 2.59 bits per heavy atom. The smallest absolute Gasteiger partial charge is 0.407 e. The SMILES string of the molecule is O=C(NCCN1CCOCC1)OCc1nc2nc(Cl)nc(N3CCOCC3)c2[nH]1. The molecule has 0 unspecified atom stereocenters. The molecule has 0 aromatic carbocycles. The summed E-state index contributed by atoms with van der Waals surface area (Å²) in [7, 11) is 0. The first-order valence-electron chi connectivity index (χ1n) is 9.64. The van der Waals surface area contributed by atoms with Crippen LogP contribution in [-0.4, -0.2) is 96.6 Å². The van der Waals surface area contributed by atoms with Gasteiger partial charge < -0.3 is 29.4 Å². The van der Waals surface area contributed by atoms with Gasteiger partial charge in [0.2, 0.25) is 5.28 Å². The largest absolute Gasteiger partial charge is 0.441 e. The molecule has 1 amide bonds. The van der Waals surface area contributed by atoms with Crippen molar-refractivity contribution < 1.29 is 19.0 Å². The molecule has 4 heterocycles. The van der Waals surface area contributed by atoms with E-state index < -0.39 is 6.09 Å². The molecule has 158 valence electrons. The van der Waals surface area contributed by atoms with E-state index in [-0.39, 0.29) is 11.9 Å². The normalized spacial score (nSPS) is 18.2. The number of aromatic nitrogens is 4. The van der Waals surface area contributed by atoms with E-state index in [0.717, 1.165) is 32.8 Å². The summed E-state index contributed by atoms with van der Waals surface area (Å²) in [6, 6.07) is 0. The zero-order chi connectivity index (χ0) is 20.1. The second kappa shape index (κ2) is 9.53. The fourth-order valence-corrected chi connectivity index (χ4v) is 3.46. The first-order valence-corrected chi connectivity index (χ1v) is 10.0. The van der Waals surface area contributed by atoms with E-state index in [1.807, 2.05) is 0 Å². The first-order chi connectivity index (χ1) is 14.2. The Bertz CT molecular complexity index is 837. The molecular formula is C17H24ClN7O4. The summed E-state index contributed by atoms with van der Waals surface area (Å²) < 4.78 is 16.0. The van der Waals surface area contributed by atoms with Gasteiger partial charge in [0, 0.05) is 39.3 Å². The predicted molar refractivity (Wildman–Crippen MR) is 105 cm³/mol. The number of anilines is 1. The number of fused-ring (bicyclic) bond motifs is 1. The summed E-state index contributed by atoms with van der Waals surface area (Å²) in [5, 5.41) is 2.87. The minimum atomic E-state index is -0.490. The van der Waals surface area contributed by atoms with E-state index in [2.05, 4.69) is 35.1 Å². The number of carbonyl (C=O) groups excluding carboxylic acids is 1. The Hall–Kier alpha value is -2.21. The van der Waals surface area contributed by atoms with E-state index in [1.165, 1.54) is 0 Å². The first kappa shape index (κ1) is 20.1. The molecule has 2 aromatic heterocycles. The van der Waals surface area contributed by atoms with E-state index in [9.17, 15) is 4.79 Å². The van der Waals surface area contributed by atoms with Crippen LogP contribution >= 0.6 is 11.6 Å². The highest BCUT2D eigenvalue weighted by molar-refractivity contribution is 6.28. The van der Waals surface area contributed by atoms with Gasteiger partial charge in [0.25, 0.3) is 0 Å². The monoisotopic (exact) mass is 425 g/mol. The van der Waals surface area contributed by atoms with Gasteiger partial charge in [-0.3, -0.25) is 4.90 Å². The van der Waals surface area contributed by atoms with Gasteiger partial charge in [-0.2, -0.15) is 9.97 Å². The van der Waals surface area contributed by atoms with Crippen molar-refractivity contribution in [3.8, 4) is 0 Å². The van der Waals surface area contributed by atoms with Crippen LogP contribution in [0.1, 0.15) is 5.82 Å². The number of imidazole rings is 1. The molecule has 11 nitrogen and oxygen atoms in total. The number of amides is 1. The Morgan fingerprint density at radius 1 is 1.10 bits per heavy atom.